The van der Waals surface area contributed by atoms with E-state index in [4.69, 9.17) is 5.73 Å². The minimum Gasteiger partial charge on any atom is -0.382 e. The molecule has 1 aliphatic rings. The number of aromatic nitrogens is 3. The summed E-state index contributed by atoms with van der Waals surface area (Å²) in [5, 5.41) is 11.9. The number of benzene rings is 1. The molecule has 2 heterocycles. The zero-order chi connectivity index (χ0) is 20.9. The molecule has 0 radical (unpaired) electrons. The highest BCUT2D eigenvalue weighted by Crippen LogP contribution is 2.42. The number of nitrogens with zero attached hydrogens (tertiary/aromatic N) is 3. The first-order valence-corrected chi connectivity index (χ1v) is 9.23. The van der Waals surface area contributed by atoms with Gasteiger partial charge in [0.15, 0.2) is 11.6 Å². The molecule has 4 rings (SSSR count). The van der Waals surface area contributed by atoms with E-state index in [0.717, 1.165) is 18.9 Å². The summed E-state index contributed by atoms with van der Waals surface area (Å²) in [5.74, 6) is -0.562. The number of hydrogen-bond donors (Lipinski definition) is 2. The van der Waals surface area contributed by atoms with Crippen molar-refractivity contribution in [3.05, 3.63) is 57.8 Å². The Morgan fingerprint density at radius 2 is 1.90 bits per heavy atom. The Kier molecular flexibility index (Phi) is 4.48. The van der Waals surface area contributed by atoms with Gasteiger partial charge in [0.2, 0.25) is 0 Å². The normalized spacial score (nSPS) is 16.2. The van der Waals surface area contributed by atoms with Gasteiger partial charge in [0.1, 0.15) is 5.82 Å². The highest BCUT2D eigenvalue weighted by atomic mass is 19.3. The maximum atomic E-state index is 14.5. The SMILES string of the molecule is C[C@@H](Nc1nnc(N)c2cc(=O)n(C3(C)CC3)cc12)c1cccc(C(F)F)c1F. The van der Waals surface area contributed by atoms with Crippen LogP contribution in [-0.4, -0.2) is 14.8 Å². The third-order valence-corrected chi connectivity index (χ3v) is 5.51. The van der Waals surface area contributed by atoms with Crippen LogP contribution < -0.4 is 16.6 Å². The lowest BCUT2D eigenvalue weighted by atomic mass is 10.0. The number of fused-ring (bicyclic) bond motifs is 1. The van der Waals surface area contributed by atoms with Gasteiger partial charge < -0.3 is 15.6 Å². The lowest BCUT2D eigenvalue weighted by Gasteiger charge is -2.19. The highest BCUT2D eigenvalue weighted by molar-refractivity contribution is 5.97. The van der Waals surface area contributed by atoms with Crippen LogP contribution in [0.4, 0.5) is 24.8 Å². The molecule has 9 heteroatoms. The third kappa shape index (κ3) is 3.30. The number of nitrogens with one attached hydrogen (secondary N) is 1. The summed E-state index contributed by atoms with van der Waals surface area (Å²) in [6.45, 7) is 3.62. The van der Waals surface area contributed by atoms with Crippen LogP contribution in [0.3, 0.4) is 0 Å². The molecule has 3 N–H and O–H groups in total. The van der Waals surface area contributed by atoms with E-state index in [9.17, 15) is 18.0 Å². The van der Waals surface area contributed by atoms with Crippen LogP contribution in [0.2, 0.25) is 0 Å². The number of pyridine rings is 1. The molecule has 152 valence electrons. The Morgan fingerprint density at radius 3 is 2.55 bits per heavy atom. The molecule has 3 aromatic rings. The van der Waals surface area contributed by atoms with Crippen molar-refractivity contribution in [2.24, 2.45) is 0 Å². The average Bonchev–Trinajstić information content (AvgIpc) is 3.42. The first-order valence-electron chi connectivity index (χ1n) is 9.23. The van der Waals surface area contributed by atoms with Crippen LogP contribution in [0.5, 0.6) is 0 Å². The van der Waals surface area contributed by atoms with Crippen molar-refractivity contribution in [1.82, 2.24) is 14.8 Å². The van der Waals surface area contributed by atoms with Gasteiger partial charge in [0, 0.05) is 34.1 Å². The molecule has 0 spiro atoms. The molecular formula is C20H20F3N5O. The van der Waals surface area contributed by atoms with Crippen LogP contribution in [0.15, 0.2) is 35.3 Å². The summed E-state index contributed by atoms with van der Waals surface area (Å²) in [6, 6.07) is 4.62. The molecule has 1 atom stereocenters. The summed E-state index contributed by atoms with van der Waals surface area (Å²) in [7, 11) is 0. The molecule has 0 unspecified atom stereocenters. The van der Waals surface area contributed by atoms with Gasteiger partial charge in [-0.3, -0.25) is 4.79 Å². The van der Waals surface area contributed by atoms with Gasteiger partial charge in [-0.15, -0.1) is 10.2 Å². The first-order chi connectivity index (χ1) is 13.7. The number of alkyl halides is 2. The van der Waals surface area contributed by atoms with Gasteiger partial charge in [0.05, 0.1) is 11.6 Å². The zero-order valence-electron chi connectivity index (χ0n) is 15.9. The fraction of sp³-hybridized carbons (Fsp3) is 0.350. The van der Waals surface area contributed by atoms with Crippen LogP contribution in [0.25, 0.3) is 10.8 Å². The van der Waals surface area contributed by atoms with Crippen molar-refractivity contribution in [2.75, 3.05) is 11.1 Å². The third-order valence-electron chi connectivity index (χ3n) is 5.51. The summed E-state index contributed by atoms with van der Waals surface area (Å²) < 4.78 is 42.2. The summed E-state index contributed by atoms with van der Waals surface area (Å²) in [4.78, 5) is 12.5. The van der Waals surface area contributed by atoms with E-state index in [-0.39, 0.29) is 22.5 Å². The van der Waals surface area contributed by atoms with Gasteiger partial charge in [-0.05, 0) is 26.7 Å². The standard InChI is InChI=1S/C20H20F3N5O/c1-10(11-4-3-5-12(16(11)21)17(22)23)25-19-14-9-28(20(2)6-7-20)15(29)8-13(14)18(24)26-27-19/h3-5,8-10,17H,6-7H2,1-2H3,(H2,24,26)(H,25,27)/t10-/m1/s1. The average molecular weight is 403 g/mol. The number of halogens is 3. The Labute approximate surface area is 164 Å². The lowest BCUT2D eigenvalue weighted by molar-refractivity contribution is 0.146. The molecule has 1 aromatic carbocycles. The second-order valence-corrected chi connectivity index (χ2v) is 7.66. The number of hydrogen-bond acceptors (Lipinski definition) is 5. The Morgan fingerprint density at radius 1 is 1.21 bits per heavy atom. The van der Waals surface area contributed by atoms with E-state index in [1.807, 2.05) is 6.92 Å². The van der Waals surface area contributed by atoms with E-state index in [2.05, 4.69) is 15.5 Å². The molecule has 6 nitrogen and oxygen atoms in total. The van der Waals surface area contributed by atoms with Crippen molar-refractivity contribution >= 4 is 22.4 Å². The molecule has 29 heavy (non-hydrogen) atoms. The fourth-order valence-electron chi connectivity index (χ4n) is 3.45. The number of rotatable bonds is 5. The Hall–Kier alpha value is -3.10. The van der Waals surface area contributed by atoms with Crippen LogP contribution >= 0.6 is 0 Å². The zero-order valence-corrected chi connectivity index (χ0v) is 15.9. The van der Waals surface area contributed by atoms with Crippen molar-refractivity contribution in [3.63, 3.8) is 0 Å². The largest absolute Gasteiger partial charge is 0.382 e. The van der Waals surface area contributed by atoms with Crippen LogP contribution in [0, 0.1) is 5.82 Å². The van der Waals surface area contributed by atoms with Crippen molar-refractivity contribution in [2.45, 2.75) is 44.7 Å². The summed E-state index contributed by atoms with van der Waals surface area (Å²) >= 11 is 0. The molecule has 1 saturated carbocycles. The van der Waals surface area contributed by atoms with Crippen molar-refractivity contribution in [3.8, 4) is 0 Å². The minimum atomic E-state index is -2.91. The Balaban J connectivity index is 1.78. The predicted octanol–water partition coefficient (Wildman–Crippen LogP) is 4.13. The highest BCUT2D eigenvalue weighted by Gasteiger charge is 2.40. The molecule has 1 fully saturated rings. The monoisotopic (exact) mass is 403 g/mol. The van der Waals surface area contributed by atoms with Crippen molar-refractivity contribution in [1.29, 1.82) is 0 Å². The van der Waals surface area contributed by atoms with E-state index in [0.29, 0.717) is 16.6 Å². The van der Waals surface area contributed by atoms with Crippen molar-refractivity contribution < 1.29 is 13.2 Å². The van der Waals surface area contributed by atoms with Gasteiger partial charge in [-0.2, -0.15) is 0 Å². The molecule has 2 aromatic heterocycles. The maximum Gasteiger partial charge on any atom is 0.266 e. The number of anilines is 2. The predicted molar refractivity (Wildman–Crippen MR) is 104 cm³/mol. The van der Waals surface area contributed by atoms with E-state index in [1.165, 1.54) is 18.2 Å². The van der Waals surface area contributed by atoms with E-state index < -0.39 is 23.8 Å². The summed E-state index contributed by atoms with van der Waals surface area (Å²) in [6.07, 6.45) is 0.540. The fourth-order valence-corrected chi connectivity index (χ4v) is 3.45. The van der Waals surface area contributed by atoms with Crippen LogP contribution in [0.1, 0.15) is 50.3 Å². The van der Waals surface area contributed by atoms with E-state index >= 15 is 0 Å². The van der Waals surface area contributed by atoms with Gasteiger partial charge >= 0.3 is 0 Å². The smallest absolute Gasteiger partial charge is 0.266 e. The minimum absolute atomic E-state index is 0.0806. The maximum absolute atomic E-state index is 14.5. The number of nitrogens with two attached hydrogens (primary N) is 1. The quantitative estimate of drug-likeness (QED) is 0.669. The van der Waals surface area contributed by atoms with Gasteiger partial charge in [-0.1, -0.05) is 18.2 Å². The van der Waals surface area contributed by atoms with Crippen LogP contribution in [-0.2, 0) is 5.54 Å². The van der Waals surface area contributed by atoms with Gasteiger partial charge in [0.25, 0.3) is 12.0 Å². The molecule has 1 aliphatic carbocycles. The molecule has 0 saturated heterocycles. The second kappa shape index (κ2) is 6.75. The van der Waals surface area contributed by atoms with E-state index in [1.54, 1.807) is 17.7 Å². The molecule has 0 amide bonds. The molecule has 0 bridgehead atoms. The Bertz CT molecular complexity index is 1160. The molecule has 0 aliphatic heterocycles. The second-order valence-electron chi connectivity index (χ2n) is 7.66. The number of nitrogen functional groups attached to an aromatic ring is 1. The van der Waals surface area contributed by atoms with Gasteiger partial charge in [-0.25, -0.2) is 13.2 Å². The molecular weight excluding hydrogens is 383 g/mol. The first kappa shape index (κ1) is 19.2. The topological polar surface area (TPSA) is 85.8 Å². The lowest BCUT2D eigenvalue weighted by Crippen LogP contribution is -2.27. The summed E-state index contributed by atoms with van der Waals surface area (Å²) in [5.41, 5.74) is 4.89.